The Morgan fingerprint density at radius 3 is 2.76 bits per heavy atom. The molecule has 0 spiro atoms. The molecule has 1 atom stereocenters. The van der Waals surface area contributed by atoms with Crippen molar-refractivity contribution >= 4 is 5.95 Å². The van der Waals surface area contributed by atoms with Crippen LogP contribution in [-0.4, -0.2) is 56.0 Å². The van der Waals surface area contributed by atoms with Gasteiger partial charge in [0.2, 0.25) is 5.95 Å². The first-order valence-corrected chi connectivity index (χ1v) is 11.2. The van der Waals surface area contributed by atoms with Crippen LogP contribution in [0.25, 0.3) is 0 Å². The number of aliphatic hydroxyl groups is 1. The van der Waals surface area contributed by atoms with Crippen LogP contribution in [0.15, 0.2) is 12.1 Å². The molecule has 1 saturated heterocycles. The van der Waals surface area contributed by atoms with Crippen LogP contribution >= 0.6 is 0 Å². The van der Waals surface area contributed by atoms with Crippen LogP contribution in [0.4, 0.5) is 5.95 Å². The monoisotopic (exact) mass is 396 g/mol. The van der Waals surface area contributed by atoms with Crippen LogP contribution < -0.4 is 4.90 Å². The van der Waals surface area contributed by atoms with Gasteiger partial charge in [-0.25, -0.2) is 9.97 Å². The zero-order valence-corrected chi connectivity index (χ0v) is 17.4. The van der Waals surface area contributed by atoms with Gasteiger partial charge < -0.3 is 10.0 Å². The van der Waals surface area contributed by atoms with Gasteiger partial charge in [-0.2, -0.15) is 5.10 Å². The lowest BCUT2D eigenvalue weighted by atomic mass is 9.83. The molecule has 0 amide bonds. The molecule has 4 heterocycles. The Morgan fingerprint density at radius 1 is 1.07 bits per heavy atom. The summed E-state index contributed by atoms with van der Waals surface area (Å²) >= 11 is 0. The van der Waals surface area contributed by atoms with E-state index in [2.05, 4.69) is 33.5 Å². The van der Waals surface area contributed by atoms with E-state index < -0.39 is 0 Å². The molecule has 156 valence electrons. The maximum Gasteiger partial charge on any atom is 0.226 e. The summed E-state index contributed by atoms with van der Waals surface area (Å²) in [4.78, 5) is 14.4. The fourth-order valence-corrected chi connectivity index (χ4v) is 4.88. The molecule has 29 heavy (non-hydrogen) atoms. The smallest absolute Gasteiger partial charge is 0.226 e. The molecule has 2 fully saturated rings. The van der Waals surface area contributed by atoms with E-state index in [0.717, 1.165) is 63.0 Å². The highest BCUT2D eigenvalue weighted by Gasteiger charge is 2.26. The molecule has 5 rings (SSSR count). The summed E-state index contributed by atoms with van der Waals surface area (Å²) in [5.74, 6) is 1.92. The van der Waals surface area contributed by atoms with Crippen molar-refractivity contribution in [3.8, 4) is 0 Å². The number of rotatable bonds is 5. The molecule has 7 nitrogen and oxygen atoms in total. The summed E-state index contributed by atoms with van der Waals surface area (Å²) in [6, 6.07) is 4.41. The summed E-state index contributed by atoms with van der Waals surface area (Å²) in [6.45, 7) is 7.94. The Balaban J connectivity index is 1.28. The Hall–Kier alpha value is -1.99. The van der Waals surface area contributed by atoms with Crippen LogP contribution in [0, 0.1) is 12.8 Å². The lowest BCUT2D eigenvalue weighted by Gasteiger charge is -2.31. The molecule has 2 aliphatic heterocycles. The Labute approximate surface area is 172 Å². The molecule has 0 unspecified atom stereocenters. The predicted molar refractivity (Wildman–Crippen MR) is 112 cm³/mol. The topological polar surface area (TPSA) is 70.3 Å². The highest BCUT2D eigenvalue weighted by molar-refractivity contribution is 5.36. The largest absolute Gasteiger partial charge is 0.396 e. The Bertz CT molecular complexity index is 861. The van der Waals surface area contributed by atoms with E-state index >= 15 is 0 Å². The van der Waals surface area contributed by atoms with Crippen molar-refractivity contribution in [1.82, 2.24) is 24.6 Å². The summed E-state index contributed by atoms with van der Waals surface area (Å²) in [5, 5.41) is 14.3. The molecule has 1 saturated carbocycles. The maximum atomic E-state index is 9.47. The number of aromatic nitrogens is 4. The van der Waals surface area contributed by atoms with Crippen molar-refractivity contribution in [1.29, 1.82) is 0 Å². The van der Waals surface area contributed by atoms with Gasteiger partial charge in [-0.1, -0.05) is 6.42 Å². The van der Waals surface area contributed by atoms with Crippen molar-refractivity contribution in [2.45, 2.75) is 64.6 Å². The minimum Gasteiger partial charge on any atom is -0.396 e. The summed E-state index contributed by atoms with van der Waals surface area (Å²) in [7, 11) is 0. The van der Waals surface area contributed by atoms with Crippen molar-refractivity contribution in [2.24, 2.45) is 5.92 Å². The lowest BCUT2D eigenvalue weighted by Crippen LogP contribution is -2.36. The Kier molecular flexibility index (Phi) is 5.26. The first kappa shape index (κ1) is 19.0. The number of anilines is 1. The fraction of sp³-hybridized carbons (Fsp3) is 0.682. The highest BCUT2D eigenvalue weighted by Crippen LogP contribution is 2.36. The van der Waals surface area contributed by atoms with Gasteiger partial charge in [-0.05, 0) is 57.2 Å². The number of likely N-dealkylation sites (tertiary alicyclic amines) is 1. The van der Waals surface area contributed by atoms with Crippen LogP contribution in [-0.2, 0) is 19.6 Å². The number of hydrogen-bond donors (Lipinski definition) is 1. The molecular weight excluding hydrogens is 364 g/mol. The summed E-state index contributed by atoms with van der Waals surface area (Å²) in [6.07, 6.45) is 6.16. The predicted octanol–water partition coefficient (Wildman–Crippen LogP) is 2.47. The SMILES string of the molecule is Cc1cc(C2CCC2)nc(N2CCn3nc(CN4CCC[C@H](CO)C4)cc3C2)n1. The molecule has 0 radical (unpaired) electrons. The minimum absolute atomic E-state index is 0.296. The third-order valence-corrected chi connectivity index (χ3v) is 6.76. The quantitative estimate of drug-likeness (QED) is 0.837. The molecule has 1 N–H and O–H groups in total. The van der Waals surface area contributed by atoms with E-state index in [9.17, 15) is 5.11 Å². The van der Waals surface area contributed by atoms with E-state index in [0.29, 0.717) is 18.4 Å². The van der Waals surface area contributed by atoms with Crippen LogP contribution in [0.1, 0.15) is 60.8 Å². The van der Waals surface area contributed by atoms with Gasteiger partial charge in [0.15, 0.2) is 0 Å². The highest BCUT2D eigenvalue weighted by atomic mass is 16.3. The number of aliphatic hydroxyl groups excluding tert-OH is 1. The van der Waals surface area contributed by atoms with E-state index in [1.165, 1.54) is 37.1 Å². The summed E-state index contributed by atoms with van der Waals surface area (Å²) < 4.78 is 2.15. The van der Waals surface area contributed by atoms with Crippen molar-refractivity contribution < 1.29 is 5.11 Å². The normalized spacial score (nSPS) is 23.1. The number of hydrogen-bond acceptors (Lipinski definition) is 6. The molecule has 2 aromatic heterocycles. The van der Waals surface area contributed by atoms with Gasteiger partial charge in [0.1, 0.15) is 0 Å². The van der Waals surface area contributed by atoms with Crippen molar-refractivity contribution in [3.63, 3.8) is 0 Å². The standard InChI is InChI=1S/C22H32N6O/c1-16-10-21(18-5-2-6-18)24-22(23-16)27-8-9-28-20(14-27)11-19(25-28)13-26-7-3-4-17(12-26)15-29/h10-11,17-18,29H,2-9,12-15H2,1H3/t17-/m0/s1. The van der Waals surface area contributed by atoms with Crippen LogP contribution in [0.3, 0.4) is 0 Å². The van der Waals surface area contributed by atoms with Crippen LogP contribution in [0.5, 0.6) is 0 Å². The molecular formula is C22H32N6O. The second-order valence-corrected chi connectivity index (χ2v) is 9.06. The first-order valence-electron chi connectivity index (χ1n) is 11.2. The molecule has 1 aliphatic carbocycles. The second kappa shape index (κ2) is 8.03. The van der Waals surface area contributed by atoms with Crippen molar-refractivity contribution in [2.75, 3.05) is 31.1 Å². The lowest BCUT2D eigenvalue weighted by molar-refractivity contribution is 0.115. The third-order valence-electron chi connectivity index (χ3n) is 6.76. The molecule has 7 heteroatoms. The van der Waals surface area contributed by atoms with E-state index in [1.54, 1.807) is 0 Å². The number of aryl methyl sites for hydroxylation is 1. The fourth-order valence-electron chi connectivity index (χ4n) is 4.88. The first-order chi connectivity index (χ1) is 14.2. The van der Waals surface area contributed by atoms with E-state index in [1.807, 2.05) is 0 Å². The average molecular weight is 397 g/mol. The van der Waals surface area contributed by atoms with Gasteiger partial charge >= 0.3 is 0 Å². The average Bonchev–Trinajstić information content (AvgIpc) is 3.07. The molecule has 0 bridgehead atoms. The van der Waals surface area contributed by atoms with Crippen molar-refractivity contribution in [3.05, 3.63) is 34.9 Å². The molecule has 3 aliphatic rings. The van der Waals surface area contributed by atoms with Gasteiger partial charge in [-0.3, -0.25) is 9.58 Å². The zero-order chi connectivity index (χ0) is 19.8. The van der Waals surface area contributed by atoms with Gasteiger partial charge in [0.25, 0.3) is 0 Å². The minimum atomic E-state index is 0.296. The van der Waals surface area contributed by atoms with Gasteiger partial charge in [-0.15, -0.1) is 0 Å². The number of nitrogens with zero attached hydrogens (tertiary/aromatic N) is 6. The third kappa shape index (κ3) is 4.03. The maximum absolute atomic E-state index is 9.47. The van der Waals surface area contributed by atoms with E-state index in [-0.39, 0.29) is 0 Å². The molecule has 0 aromatic carbocycles. The van der Waals surface area contributed by atoms with Gasteiger partial charge in [0.05, 0.1) is 24.5 Å². The van der Waals surface area contributed by atoms with Crippen LogP contribution in [0.2, 0.25) is 0 Å². The Morgan fingerprint density at radius 2 is 1.97 bits per heavy atom. The zero-order valence-electron chi connectivity index (χ0n) is 17.4. The summed E-state index contributed by atoms with van der Waals surface area (Å²) in [5.41, 5.74) is 4.68. The number of piperidine rings is 1. The van der Waals surface area contributed by atoms with Gasteiger partial charge in [0, 0.05) is 43.5 Å². The number of fused-ring (bicyclic) bond motifs is 1. The second-order valence-electron chi connectivity index (χ2n) is 9.06. The molecule has 2 aromatic rings. The van der Waals surface area contributed by atoms with E-state index in [4.69, 9.17) is 15.1 Å².